The van der Waals surface area contributed by atoms with Gasteiger partial charge in [0.25, 0.3) is 0 Å². The van der Waals surface area contributed by atoms with Crippen molar-refractivity contribution in [3.63, 3.8) is 0 Å². The molecular formula is C17H20F2N4O. The number of pyridine rings is 1. The van der Waals surface area contributed by atoms with Gasteiger partial charge in [0.05, 0.1) is 12.2 Å². The molecule has 0 aliphatic rings. The molecule has 0 aliphatic heterocycles. The van der Waals surface area contributed by atoms with Crippen LogP contribution in [0, 0.1) is 11.6 Å². The number of urea groups is 1. The number of carbonyl (C=O) groups is 1. The van der Waals surface area contributed by atoms with Crippen LogP contribution in [-0.4, -0.2) is 31.7 Å². The summed E-state index contributed by atoms with van der Waals surface area (Å²) in [7, 11) is 3.78. The average Bonchev–Trinajstić information content (AvgIpc) is 2.55. The van der Waals surface area contributed by atoms with Crippen molar-refractivity contribution in [2.75, 3.05) is 25.5 Å². The Morgan fingerprint density at radius 1 is 1.17 bits per heavy atom. The number of rotatable bonds is 6. The Morgan fingerprint density at radius 3 is 2.67 bits per heavy atom. The predicted molar refractivity (Wildman–Crippen MR) is 88.9 cm³/mol. The first-order valence-electron chi connectivity index (χ1n) is 7.54. The first-order valence-corrected chi connectivity index (χ1v) is 7.54. The van der Waals surface area contributed by atoms with Crippen molar-refractivity contribution in [2.45, 2.75) is 13.0 Å². The number of hydrogen-bond donors (Lipinski definition) is 2. The van der Waals surface area contributed by atoms with Crippen LogP contribution in [0.3, 0.4) is 0 Å². The zero-order valence-corrected chi connectivity index (χ0v) is 13.6. The summed E-state index contributed by atoms with van der Waals surface area (Å²) >= 11 is 0. The van der Waals surface area contributed by atoms with E-state index >= 15 is 0 Å². The largest absolute Gasteiger partial charge is 0.363 e. The van der Waals surface area contributed by atoms with Crippen molar-refractivity contribution in [2.24, 2.45) is 0 Å². The summed E-state index contributed by atoms with van der Waals surface area (Å²) in [6.45, 7) is 0.540. The van der Waals surface area contributed by atoms with Crippen LogP contribution in [0.2, 0.25) is 0 Å². The van der Waals surface area contributed by atoms with Crippen molar-refractivity contribution >= 4 is 11.8 Å². The number of anilines is 1. The van der Waals surface area contributed by atoms with Gasteiger partial charge < -0.3 is 15.5 Å². The Labute approximate surface area is 139 Å². The Bertz CT molecular complexity index is 707. The van der Waals surface area contributed by atoms with E-state index in [1.54, 1.807) is 0 Å². The number of benzene rings is 1. The summed E-state index contributed by atoms with van der Waals surface area (Å²) in [4.78, 5) is 18.0. The minimum absolute atomic E-state index is 0.250. The molecule has 2 rings (SSSR count). The van der Waals surface area contributed by atoms with Crippen LogP contribution >= 0.6 is 0 Å². The van der Waals surface area contributed by atoms with E-state index in [0.29, 0.717) is 12.1 Å². The lowest BCUT2D eigenvalue weighted by atomic mass is 10.1. The van der Waals surface area contributed by atoms with Gasteiger partial charge in [0.15, 0.2) is 0 Å². The number of nitrogens with zero attached hydrogens (tertiary/aromatic N) is 2. The third-order valence-electron chi connectivity index (χ3n) is 3.38. The van der Waals surface area contributed by atoms with Crippen molar-refractivity contribution in [1.82, 2.24) is 15.6 Å². The zero-order valence-electron chi connectivity index (χ0n) is 13.6. The van der Waals surface area contributed by atoms with Crippen LogP contribution in [0.4, 0.5) is 19.4 Å². The number of aromatic nitrogens is 1. The van der Waals surface area contributed by atoms with Crippen molar-refractivity contribution in [3.05, 3.63) is 59.3 Å². The lowest BCUT2D eigenvalue weighted by Gasteiger charge is -2.13. The smallest absolute Gasteiger partial charge is 0.315 e. The van der Waals surface area contributed by atoms with Gasteiger partial charge in [0.1, 0.15) is 17.5 Å². The molecule has 0 bridgehead atoms. The zero-order chi connectivity index (χ0) is 17.5. The number of carbonyl (C=O) groups excluding carboxylic acids is 1. The predicted octanol–water partition coefficient (Wildman–Crippen LogP) is 2.47. The number of amides is 2. The Kier molecular flexibility index (Phi) is 6.06. The highest BCUT2D eigenvalue weighted by Gasteiger charge is 2.06. The molecule has 128 valence electrons. The third kappa shape index (κ3) is 5.19. The summed E-state index contributed by atoms with van der Waals surface area (Å²) in [6, 6.07) is 8.60. The number of halogens is 2. The van der Waals surface area contributed by atoms with Crippen LogP contribution in [0.5, 0.6) is 0 Å². The summed E-state index contributed by atoms with van der Waals surface area (Å²) in [6.07, 6.45) is 0.286. The van der Waals surface area contributed by atoms with Crippen LogP contribution in [0.15, 0.2) is 36.4 Å². The molecule has 0 aliphatic carbocycles. The van der Waals surface area contributed by atoms with Gasteiger partial charge >= 0.3 is 6.03 Å². The lowest BCUT2D eigenvalue weighted by Crippen LogP contribution is -2.36. The molecule has 0 unspecified atom stereocenters. The van der Waals surface area contributed by atoms with Gasteiger partial charge in [-0.3, -0.25) is 0 Å². The molecule has 0 spiro atoms. The molecule has 0 radical (unpaired) electrons. The molecule has 1 aromatic carbocycles. The summed E-state index contributed by atoms with van der Waals surface area (Å²) < 4.78 is 26.3. The van der Waals surface area contributed by atoms with Gasteiger partial charge in [-0.05, 0) is 30.2 Å². The van der Waals surface area contributed by atoms with Gasteiger partial charge in [-0.2, -0.15) is 0 Å². The average molecular weight is 334 g/mol. The first kappa shape index (κ1) is 17.7. The molecule has 1 heterocycles. The first-order chi connectivity index (χ1) is 11.5. The summed E-state index contributed by atoms with van der Waals surface area (Å²) in [5.74, 6) is -0.419. The Morgan fingerprint density at radius 2 is 1.96 bits per heavy atom. The van der Waals surface area contributed by atoms with E-state index in [1.165, 1.54) is 12.1 Å². The Hall–Kier alpha value is -2.70. The molecule has 0 saturated carbocycles. The Balaban J connectivity index is 1.76. The normalized spacial score (nSPS) is 10.3. The van der Waals surface area contributed by atoms with Crippen molar-refractivity contribution in [3.8, 4) is 0 Å². The van der Waals surface area contributed by atoms with E-state index in [9.17, 15) is 13.6 Å². The van der Waals surface area contributed by atoms with Gasteiger partial charge in [0.2, 0.25) is 0 Å². The van der Waals surface area contributed by atoms with Gasteiger partial charge in [-0.25, -0.2) is 18.6 Å². The van der Waals surface area contributed by atoms with Crippen molar-refractivity contribution in [1.29, 1.82) is 0 Å². The highest BCUT2D eigenvalue weighted by Crippen LogP contribution is 2.10. The summed E-state index contributed by atoms with van der Waals surface area (Å²) in [5, 5.41) is 5.32. The maximum absolute atomic E-state index is 13.5. The number of hydrogen-bond acceptors (Lipinski definition) is 3. The molecule has 7 heteroatoms. The second kappa shape index (κ2) is 8.24. The van der Waals surface area contributed by atoms with E-state index in [1.807, 2.05) is 37.2 Å². The molecule has 24 heavy (non-hydrogen) atoms. The summed E-state index contributed by atoms with van der Waals surface area (Å²) in [5.41, 5.74) is 1.10. The number of nitrogens with one attached hydrogen (secondary N) is 2. The SMILES string of the molecule is CN(C)c1cccc(CNC(=O)NCCc2ccc(F)cc2F)n1. The quantitative estimate of drug-likeness (QED) is 0.853. The second-order valence-corrected chi connectivity index (χ2v) is 5.48. The lowest BCUT2D eigenvalue weighted by molar-refractivity contribution is 0.240. The minimum atomic E-state index is -0.616. The fourth-order valence-corrected chi connectivity index (χ4v) is 2.08. The van der Waals surface area contributed by atoms with E-state index in [-0.39, 0.29) is 19.0 Å². The van der Waals surface area contributed by atoms with Crippen LogP contribution < -0.4 is 15.5 Å². The third-order valence-corrected chi connectivity index (χ3v) is 3.38. The fraction of sp³-hybridized carbons (Fsp3) is 0.294. The maximum atomic E-state index is 13.5. The van der Waals surface area contributed by atoms with E-state index in [4.69, 9.17) is 0 Å². The highest BCUT2D eigenvalue weighted by atomic mass is 19.1. The molecule has 0 fully saturated rings. The molecular weight excluding hydrogens is 314 g/mol. The molecule has 2 amide bonds. The van der Waals surface area contributed by atoms with Crippen molar-refractivity contribution < 1.29 is 13.6 Å². The second-order valence-electron chi connectivity index (χ2n) is 5.48. The molecule has 0 saturated heterocycles. The monoisotopic (exact) mass is 334 g/mol. The minimum Gasteiger partial charge on any atom is -0.363 e. The van der Waals surface area contributed by atoms with Gasteiger partial charge in [-0.15, -0.1) is 0 Å². The van der Waals surface area contributed by atoms with Gasteiger partial charge in [-0.1, -0.05) is 12.1 Å². The van der Waals surface area contributed by atoms with E-state index in [2.05, 4.69) is 15.6 Å². The molecule has 1 aromatic heterocycles. The molecule has 5 nitrogen and oxygen atoms in total. The fourth-order valence-electron chi connectivity index (χ4n) is 2.08. The van der Waals surface area contributed by atoms with E-state index < -0.39 is 11.6 Å². The highest BCUT2D eigenvalue weighted by molar-refractivity contribution is 5.73. The van der Waals surface area contributed by atoms with Crippen LogP contribution in [-0.2, 0) is 13.0 Å². The van der Waals surface area contributed by atoms with Crippen LogP contribution in [0.25, 0.3) is 0 Å². The molecule has 0 atom stereocenters. The standard InChI is InChI=1S/C17H20F2N4O/c1-23(2)16-5-3-4-14(22-16)11-21-17(24)20-9-8-12-6-7-13(18)10-15(12)19/h3-7,10H,8-9,11H2,1-2H3,(H2,20,21,24). The van der Waals surface area contributed by atoms with E-state index in [0.717, 1.165) is 17.6 Å². The molecule has 2 aromatic rings. The van der Waals surface area contributed by atoms with Gasteiger partial charge in [0, 0.05) is 26.7 Å². The molecule has 2 N–H and O–H groups in total. The maximum Gasteiger partial charge on any atom is 0.315 e. The van der Waals surface area contributed by atoms with Crippen LogP contribution in [0.1, 0.15) is 11.3 Å². The topological polar surface area (TPSA) is 57.3 Å².